The van der Waals surface area contributed by atoms with Crippen LogP contribution in [0.4, 0.5) is 5.69 Å². The summed E-state index contributed by atoms with van der Waals surface area (Å²) in [6, 6.07) is 2.01. The van der Waals surface area contributed by atoms with Crippen LogP contribution in [0.25, 0.3) is 0 Å². The van der Waals surface area contributed by atoms with E-state index in [0.717, 1.165) is 42.8 Å². The van der Waals surface area contributed by atoms with Crippen LogP contribution in [0.2, 0.25) is 0 Å². The van der Waals surface area contributed by atoms with Gasteiger partial charge in [-0.2, -0.15) is 0 Å². The Bertz CT molecular complexity index is 281. The average Bonchev–Trinajstić information content (AvgIpc) is 2.23. The van der Waals surface area contributed by atoms with Crippen molar-refractivity contribution in [2.75, 3.05) is 25.1 Å². The molecular formula is C11H17BrN2O. The summed E-state index contributed by atoms with van der Waals surface area (Å²) < 4.78 is 6.37. The second kappa shape index (κ2) is 7.65. The highest BCUT2D eigenvalue weighted by molar-refractivity contribution is 9.10. The van der Waals surface area contributed by atoms with Crippen LogP contribution in [0.15, 0.2) is 22.9 Å². The van der Waals surface area contributed by atoms with Gasteiger partial charge in [-0.1, -0.05) is 6.92 Å². The molecule has 0 spiro atoms. The van der Waals surface area contributed by atoms with E-state index >= 15 is 0 Å². The minimum Gasteiger partial charge on any atom is -0.384 e. The first kappa shape index (κ1) is 12.5. The standard InChI is InChI=1S/C11H17BrN2O/c1-2-5-15-6-3-4-14-11-7-10(12)8-13-9-11/h7-9,14H,2-6H2,1H3. The highest BCUT2D eigenvalue weighted by atomic mass is 79.9. The van der Waals surface area contributed by atoms with Gasteiger partial charge in [0.1, 0.15) is 0 Å². The Morgan fingerprint density at radius 3 is 3.00 bits per heavy atom. The molecule has 0 aromatic carbocycles. The van der Waals surface area contributed by atoms with Gasteiger partial charge in [0.15, 0.2) is 0 Å². The molecule has 0 aliphatic heterocycles. The quantitative estimate of drug-likeness (QED) is 0.775. The molecule has 0 amide bonds. The number of hydrogen-bond acceptors (Lipinski definition) is 3. The maximum absolute atomic E-state index is 5.38. The molecular weight excluding hydrogens is 256 g/mol. The van der Waals surface area contributed by atoms with E-state index in [1.165, 1.54) is 0 Å². The zero-order valence-corrected chi connectivity index (χ0v) is 10.6. The van der Waals surface area contributed by atoms with E-state index in [1.807, 2.05) is 12.3 Å². The molecule has 0 fully saturated rings. The van der Waals surface area contributed by atoms with E-state index in [2.05, 4.69) is 33.2 Å². The van der Waals surface area contributed by atoms with Crippen molar-refractivity contribution in [1.82, 2.24) is 4.98 Å². The third-order valence-corrected chi connectivity index (χ3v) is 2.28. The van der Waals surface area contributed by atoms with Gasteiger partial charge >= 0.3 is 0 Å². The molecule has 1 N–H and O–H groups in total. The highest BCUT2D eigenvalue weighted by Crippen LogP contribution is 2.13. The van der Waals surface area contributed by atoms with Crippen LogP contribution in [0.5, 0.6) is 0 Å². The Kier molecular flexibility index (Phi) is 6.36. The number of aromatic nitrogens is 1. The van der Waals surface area contributed by atoms with Crippen LogP contribution >= 0.6 is 15.9 Å². The number of nitrogens with zero attached hydrogens (tertiary/aromatic N) is 1. The van der Waals surface area contributed by atoms with Crippen LogP contribution in [-0.4, -0.2) is 24.7 Å². The first-order chi connectivity index (χ1) is 7.33. The maximum atomic E-state index is 5.38. The normalized spacial score (nSPS) is 10.3. The van der Waals surface area contributed by atoms with Crippen LogP contribution in [0, 0.1) is 0 Å². The fourth-order valence-corrected chi connectivity index (χ4v) is 1.53. The van der Waals surface area contributed by atoms with Crippen molar-refractivity contribution in [3.05, 3.63) is 22.9 Å². The first-order valence-electron chi connectivity index (χ1n) is 5.25. The van der Waals surface area contributed by atoms with E-state index in [-0.39, 0.29) is 0 Å². The number of ether oxygens (including phenoxy) is 1. The lowest BCUT2D eigenvalue weighted by Crippen LogP contribution is -2.06. The summed E-state index contributed by atoms with van der Waals surface area (Å²) in [6.45, 7) is 4.72. The summed E-state index contributed by atoms with van der Waals surface area (Å²) in [5.41, 5.74) is 1.04. The van der Waals surface area contributed by atoms with Crippen molar-refractivity contribution in [2.45, 2.75) is 19.8 Å². The molecule has 0 atom stereocenters. The fourth-order valence-electron chi connectivity index (χ4n) is 1.16. The largest absolute Gasteiger partial charge is 0.384 e. The first-order valence-corrected chi connectivity index (χ1v) is 6.04. The molecule has 4 heteroatoms. The van der Waals surface area contributed by atoms with Crippen LogP contribution in [0.3, 0.4) is 0 Å². The summed E-state index contributed by atoms with van der Waals surface area (Å²) in [5, 5.41) is 3.29. The van der Waals surface area contributed by atoms with Gasteiger partial charge < -0.3 is 10.1 Å². The third kappa shape index (κ3) is 5.74. The lowest BCUT2D eigenvalue weighted by atomic mass is 10.4. The van der Waals surface area contributed by atoms with Gasteiger partial charge in [-0.3, -0.25) is 4.98 Å². The monoisotopic (exact) mass is 272 g/mol. The number of nitrogens with one attached hydrogen (secondary N) is 1. The molecule has 0 unspecified atom stereocenters. The topological polar surface area (TPSA) is 34.1 Å². The van der Waals surface area contributed by atoms with Gasteiger partial charge in [0, 0.05) is 30.4 Å². The van der Waals surface area contributed by atoms with Gasteiger partial charge in [0.05, 0.1) is 11.9 Å². The predicted molar refractivity (Wildman–Crippen MR) is 66.2 cm³/mol. The van der Waals surface area contributed by atoms with E-state index in [4.69, 9.17) is 4.74 Å². The molecule has 84 valence electrons. The number of halogens is 1. The molecule has 0 saturated carbocycles. The summed E-state index contributed by atoms with van der Waals surface area (Å²) in [4.78, 5) is 4.07. The van der Waals surface area contributed by atoms with Crippen molar-refractivity contribution in [1.29, 1.82) is 0 Å². The predicted octanol–water partition coefficient (Wildman–Crippen LogP) is 3.07. The molecule has 15 heavy (non-hydrogen) atoms. The van der Waals surface area contributed by atoms with Gasteiger partial charge in [-0.05, 0) is 34.8 Å². The lowest BCUT2D eigenvalue weighted by Gasteiger charge is -2.06. The summed E-state index contributed by atoms with van der Waals surface area (Å²) >= 11 is 3.38. The van der Waals surface area contributed by atoms with Crippen LogP contribution in [0.1, 0.15) is 19.8 Å². The van der Waals surface area contributed by atoms with E-state index in [1.54, 1.807) is 6.20 Å². The minimum atomic E-state index is 0.822. The second-order valence-corrected chi connectivity index (χ2v) is 4.20. The molecule has 0 aliphatic carbocycles. The van der Waals surface area contributed by atoms with E-state index in [0.29, 0.717) is 0 Å². The molecule has 3 nitrogen and oxygen atoms in total. The second-order valence-electron chi connectivity index (χ2n) is 3.28. The fraction of sp³-hybridized carbons (Fsp3) is 0.545. The lowest BCUT2D eigenvalue weighted by molar-refractivity contribution is 0.134. The van der Waals surface area contributed by atoms with E-state index in [9.17, 15) is 0 Å². The zero-order chi connectivity index (χ0) is 10.9. The Morgan fingerprint density at radius 2 is 2.27 bits per heavy atom. The third-order valence-electron chi connectivity index (χ3n) is 1.85. The van der Waals surface area contributed by atoms with Crippen LogP contribution < -0.4 is 5.32 Å². The Morgan fingerprint density at radius 1 is 1.40 bits per heavy atom. The van der Waals surface area contributed by atoms with Crippen molar-refractivity contribution >= 4 is 21.6 Å². The molecule has 0 aliphatic rings. The number of rotatable bonds is 7. The molecule has 1 aromatic rings. The Balaban J connectivity index is 2.10. The summed E-state index contributed by atoms with van der Waals surface area (Å²) in [6.07, 6.45) is 5.70. The summed E-state index contributed by atoms with van der Waals surface area (Å²) in [7, 11) is 0. The summed E-state index contributed by atoms with van der Waals surface area (Å²) in [5.74, 6) is 0. The van der Waals surface area contributed by atoms with Crippen molar-refractivity contribution < 1.29 is 4.74 Å². The number of pyridine rings is 1. The maximum Gasteiger partial charge on any atom is 0.0538 e. The Hall–Kier alpha value is -0.610. The smallest absolute Gasteiger partial charge is 0.0538 e. The van der Waals surface area contributed by atoms with Crippen molar-refractivity contribution in [3.63, 3.8) is 0 Å². The SMILES string of the molecule is CCCOCCCNc1cncc(Br)c1. The van der Waals surface area contributed by atoms with Crippen molar-refractivity contribution in [3.8, 4) is 0 Å². The Labute approximate surface area is 99.4 Å². The van der Waals surface area contributed by atoms with Gasteiger partial charge in [0.25, 0.3) is 0 Å². The highest BCUT2D eigenvalue weighted by Gasteiger charge is 1.93. The van der Waals surface area contributed by atoms with Gasteiger partial charge in [0.2, 0.25) is 0 Å². The molecule has 0 bridgehead atoms. The van der Waals surface area contributed by atoms with Gasteiger partial charge in [-0.15, -0.1) is 0 Å². The number of hydrogen-bond donors (Lipinski definition) is 1. The molecule has 1 heterocycles. The zero-order valence-electron chi connectivity index (χ0n) is 9.00. The van der Waals surface area contributed by atoms with E-state index < -0.39 is 0 Å². The van der Waals surface area contributed by atoms with Crippen molar-refractivity contribution in [2.24, 2.45) is 0 Å². The van der Waals surface area contributed by atoms with Gasteiger partial charge in [-0.25, -0.2) is 0 Å². The average molecular weight is 273 g/mol. The molecule has 1 aromatic heterocycles. The van der Waals surface area contributed by atoms with Crippen LogP contribution in [-0.2, 0) is 4.74 Å². The molecule has 0 saturated heterocycles. The molecule has 1 rings (SSSR count). The number of anilines is 1. The molecule has 0 radical (unpaired) electrons. The minimum absolute atomic E-state index is 0.822.